The summed E-state index contributed by atoms with van der Waals surface area (Å²) in [6.45, 7) is 6.73. The zero-order chi connectivity index (χ0) is 17.1. The zero-order valence-electron chi connectivity index (χ0n) is 14.6. The molecule has 2 aromatic rings. The van der Waals surface area contributed by atoms with Crippen LogP contribution in [0.3, 0.4) is 0 Å². The molecule has 6 heteroatoms. The Morgan fingerprint density at radius 1 is 1.00 bits per heavy atom. The smallest absolute Gasteiger partial charge is 0.134 e. The van der Waals surface area contributed by atoms with Crippen LogP contribution in [0.15, 0.2) is 30.6 Å². The van der Waals surface area contributed by atoms with Crippen molar-refractivity contribution in [3.05, 3.63) is 41.7 Å². The van der Waals surface area contributed by atoms with E-state index in [0.29, 0.717) is 6.61 Å². The van der Waals surface area contributed by atoms with Crippen LogP contribution in [-0.4, -0.2) is 47.7 Å². The lowest BCUT2D eigenvalue weighted by Crippen LogP contribution is -2.34. The van der Waals surface area contributed by atoms with Crippen LogP contribution in [0.2, 0.25) is 0 Å². The van der Waals surface area contributed by atoms with Gasteiger partial charge in [0.25, 0.3) is 0 Å². The summed E-state index contributed by atoms with van der Waals surface area (Å²) in [4.78, 5) is 13.8. The maximum atomic E-state index is 5.66. The molecule has 25 heavy (non-hydrogen) atoms. The van der Waals surface area contributed by atoms with Crippen LogP contribution in [0, 0.1) is 0 Å². The van der Waals surface area contributed by atoms with Crippen LogP contribution in [0.1, 0.15) is 18.1 Å². The van der Waals surface area contributed by atoms with Gasteiger partial charge in [-0.25, -0.2) is 9.97 Å². The van der Waals surface area contributed by atoms with Crippen molar-refractivity contribution in [3.63, 3.8) is 0 Å². The highest BCUT2D eigenvalue weighted by Crippen LogP contribution is 2.28. The minimum atomic E-state index is 0.700. The first kappa shape index (κ1) is 16.5. The highest BCUT2D eigenvalue weighted by atomic mass is 32.2. The molecule has 2 aliphatic rings. The van der Waals surface area contributed by atoms with E-state index in [-0.39, 0.29) is 0 Å². The third kappa shape index (κ3) is 3.68. The van der Waals surface area contributed by atoms with Gasteiger partial charge in [0.15, 0.2) is 0 Å². The SMILES string of the molecule is CCOc1ccc2c(c1)CN(c1cc(N3CCSCC3)ncn1)CC2. The van der Waals surface area contributed by atoms with Gasteiger partial charge >= 0.3 is 0 Å². The first-order valence-corrected chi connectivity index (χ1v) is 10.1. The van der Waals surface area contributed by atoms with Crippen LogP contribution in [0.25, 0.3) is 0 Å². The molecule has 1 aromatic carbocycles. The van der Waals surface area contributed by atoms with Crippen molar-refractivity contribution in [2.75, 3.05) is 47.5 Å². The fourth-order valence-corrected chi connectivity index (χ4v) is 4.36. The van der Waals surface area contributed by atoms with Crippen molar-refractivity contribution in [1.29, 1.82) is 0 Å². The van der Waals surface area contributed by atoms with Crippen molar-refractivity contribution in [2.24, 2.45) is 0 Å². The standard InChI is InChI=1S/C19H24N4OS/c1-2-24-17-4-3-15-5-6-23(13-16(15)11-17)19-12-18(20-14-21-19)22-7-9-25-10-8-22/h3-4,11-12,14H,2,5-10,13H2,1H3. The normalized spacial score (nSPS) is 17.3. The van der Waals surface area contributed by atoms with Crippen LogP contribution >= 0.6 is 11.8 Å². The lowest BCUT2D eigenvalue weighted by molar-refractivity contribution is 0.339. The van der Waals surface area contributed by atoms with Gasteiger partial charge in [0.1, 0.15) is 23.7 Å². The molecule has 0 atom stereocenters. The number of thioether (sulfide) groups is 1. The van der Waals surface area contributed by atoms with Gasteiger partial charge in [-0.05, 0) is 36.6 Å². The van der Waals surface area contributed by atoms with E-state index in [2.05, 4.69) is 44.0 Å². The summed E-state index contributed by atoms with van der Waals surface area (Å²) in [7, 11) is 0. The molecule has 0 bridgehead atoms. The number of hydrogen-bond acceptors (Lipinski definition) is 6. The summed E-state index contributed by atoms with van der Waals surface area (Å²) in [5, 5.41) is 0. The van der Waals surface area contributed by atoms with Crippen molar-refractivity contribution >= 4 is 23.4 Å². The fraction of sp³-hybridized carbons (Fsp3) is 0.474. The molecule has 0 N–H and O–H groups in total. The molecule has 4 rings (SSSR count). The Hall–Kier alpha value is -1.95. The Morgan fingerprint density at radius 3 is 2.60 bits per heavy atom. The lowest BCUT2D eigenvalue weighted by atomic mass is 9.99. The van der Waals surface area contributed by atoms with Crippen molar-refractivity contribution in [2.45, 2.75) is 19.9 Å². The highest BCUT2D eigenvalue weighted by Gasteiger charge is 2.20. The number of rotatable bonds is 4. The summed E-state index contributed by atoms with van der Waals surface area (Å²) in [6, 6.07) is 8.60. The van der Waals surface area contributed by atoms with Gasteiger partial charge < -0.3 is 14.5 Å². The predicted molar refractivity (Wildman–Crippen MR) is 104 cm³/mol. The number of aromatic nitrogens is 2. The Morgan fingerprint density at radius 2 is 1.80 bits per heavy atom. The van der Waals surface area contributed by atoms with Crippen LogP contribution in [0.5, 0.6) is 5.75 Å². The first-order chi connectivity index (χ1) is 12.3. The van der Waals surface area contributed by atoms with Crippen LogP contribution < -0.4 is 14.5 Å². The number of ether oxygens (including phenoxy) is 1. The van der Waals surface area contributed by atoms with Crippen molar-refractivity contribution in [3.8, 4) is 5.75 Å². The van der Waals surface area contributed by atoms with E-state index < -0.39 is 0 Å². The second kappa shape index (κ2) is 7.52. The van der Waals surface area contributed by atoms with Gasteiger partial charge in [0, 0.05) is 43.8 Å². The average Bonchev–Trinajstić information content (AvgIpc) is 2.68. The van der Waals surface area contributed by atoms with Crippen LogP contribution in [0.4, 0.5) is 11.6 Å². The number of fused-ring (bicyclic) bond motifs is 1. The molecule has 1 aromatic heterocycles. The number of benzene rings is 1. The van der Waals surface area contributed by atoms with Crippen molar-refractivity contribution < 1.29 is 4.74 Å². The lowest BCUT2D eigenvalue weighted by Gasteiger charge is -2.31. The van der Waals surface area contributed by atoms with E-state index in [9.17, 15) is 0 Å². The molecular weight excluding hydrogens is 332 g/mol. The van der Waals surface area contributed by atoms with E-state index in [1.165, 1.54) is 22.6 Å². The van der Waals surface area contributed by atoms with Gasteiger partial charge in [-0.1, -0.05) is 6.07 Å². The molecule has 0 amide bonds. The predicted octanol–water partition coefficient (Wildman–Crippen LogP) is 2.99. The topological polar surface area (TPSA) is 41.5 Å². The number of hydrogen-bond donors (Lipinski definition) is 0. The van der Waals surface area contributed by atoms with Crippen LogP contribution in [-0.2, 0) is 13.0 Å². The van der Waals surface area contributed by atoms with Gasteiger partial charge in [-0.15, -0.1) is 0 Å². The largest absolute Gasteiger partial charge is 0.494 e. The van der Waals surface area contributed by atoms with E-state index in [4.69, 9.17) is 4.74 Å². The second-order valence-electron chi connectivity index (χ2n) is 6.37. The zero-order valence-corrected chi connectivity index (χ0v) is 15.5. The Balaban J connectivity index is 1.53. The molecule has 0 spiro atoms. The molecule has 1 saturated heterocycles. The molecule has 5 nitrogen and oxygen atoms in total. The minimum absolute atomic E-state index is 0.700. The van der Waals surface area contributed by atoms with E-state index in [0.717, 1.165) is 50.0 Å². The minimum Gasteiger partial charge on any atom is -0.494 e. The quantitative estimate of drug-likeness (QED) is 0.839. The van der Waals surface area contributed by atoms with E-state index in [1.54, 1.807) is 6.33 Å². The van der Waals surface area contributed by atoms with Gasteiger partial charge in [-0.3, -0.25) is 0 Å². The van der Waals surface area contributed by atoms with E-state index >= 15 is 0 Å². The summed E-state index contributed by atoms with van der Waals surface area (Å²) < 4.78 is 5.66. The molecule has 0 radical (unpaired) electrons. The van der Waals surface area contributed by atoms with Crippen molar-refractivity contribution in [1.82, 2.24) is 9.97 Å². The van der Waals surface area contributed by atoms with Gasteiger partial charge in [-0.2, -0.15) is 11.8 Å². The van der Waals surface area contributed by atoms with Gasteiger partial charge in [0.2, 0.25) is 0 Å². The molecule has 0 unspecified atom stereocenters. The third-order valence-corrected chi connectivity index (χ3v) is 5.74. The van der Waals surface area contributed by atoms with E-state index in [1.807, 2.05) is 18.7 Å². The number of anilines is 2. The maximum Gasteiger partial charge on any atom is 0.134 e. The summed E-state index contributed by atoms with van der Waals surface area (Å²) in [5.74, 6) is 5.39. The van der Waals surface area contributed by atoms with Gasteiger partial charge in [0.05, 0.1) is 6.61 Å². The molecular formula is C19H24N4OS. The molecule has 132 valence electrons. The average molecular weight is 356 g/mol. The summed E-state index contributed by atoms with van der Waals surface area (Å²) in [6.07, 6.45) is 2.75. The fourth-order valence-electron chi connectivity index (χ4n) is 3.46. The first-order valence-electron chi connectivity index (χ1n) is 8.98. The second-order valence-corrected chi connectivity index (χ2v) is 7.59. The summed E-state index contributed by atoms with van der Waals surface area (Å²) in [5.41, 5.74) is 2.76. The summed E-state index contributed by atoms with van der Waals surface area (Å²) >= 11 is 2.02. The highest BCUT2D eigenvalue weighted by molar-refractivity contribution is 7.99. The Labute approximate surface area is 153 Å². The monoisotopic (exact) mass is 356 g/mol. The third-order valence-electron chi connectivity index (χ3n) is 4.80. The molecule has 3 heterocycles. The molecule has 0 aliphatic carbocycles. The molecule has 0 saturated carbocycles. The Bertz CT molecular complexity index is 733. The molecule has 1 fully saturated rings. The number of nitrogens with zero attached hydrogens (tertiary/aromatic N) is 4. The Kier molecular flexibility index (Phi) is 4.97. The maximum absolute atomic E-state index is 5.66. The molecule has 2 aliphatic heterocycles.